The van der Waals surface area contributed by atoms with Gasteiger partial charge >= 0.3 is 0 Å². The number of halogens is 1. The van der Waals surface area contributed by atoms with Crippen molar-refractivity contribution in [1.29, 1.82) is 0 Å². The molecule has 1 atom stereocenters. The van der Waals surface area contributed by atoms with Crippen molar-refractivity contribution in [2.45, 2.75) is 18.9 Å². The highest BCUT2D eigenvalue weighted by atomic mass is 32.1. The first-order valence-electron chi connectivity index (χ1n) is 6.80. The molecule has 1 aromatic carbocycles. The second-order valence-corrected chi connectivity index (χ2v) is 5.78. The minimum absolute atomic E-state index is 0.209. The van der Waals surface area contributed by atoms with E-state index in [9.17, 15) is 14.0 Å². The highest BCUT2D eigenvalue weighted by Gasteiger charge is 2.26. The van der Waals surface area contributed by atoms with Crippen LogP contribution in [0.25, 0.3) is 0 Å². The summed E-state index contributed by atoms with van der Waals surface area (Å²) in [6.45, 7) is 0. The van der Waals surface area contributed by atoms with E-state index in [1.807, 2.05) is 16.8 Å². The van der Waals surface area contributed by atoms with E-state index in [-0.39, 0.29) is 12.3 Å². The fraction of sp³-hybridized carbons (Fsp3) is 0.250. The zero-order valence-electron chi connectivity index (χ0n) is 12.2. The monoisotopic (exact) mass is 320 g/mol. The van der Waals surface area contributed by atoms with Crippen LogP contribution in [-0.4, -0.2) is 23.8 Å². The van der Waals surface area contributed by atoms with E-state index in [1.165, 1.54) is 30.1 Å². The van der Waals surface area contributed by atoms with Gasteiger partial charge in [-0.05, 0) is 46.5 Å². The van der Waals surface area contributed by atoms with Gasteiger partial charge in [0.1, 0.15) is 11.9 Å². The number of hydrogen-bond donors (Lipinski definition) is 1. The highest BCUT2D eigenvalue weighted by molar-refractivity contribution is 7.07. The summed E-state index contributed by atoms with van der Waals surface area (Å²) in [5.41, 5.74) is 6.85. The summed E-state index contributed by atoms with van der Waals surface area (Å²) < 4.78 is 13.3. The molecule has 0 radical (unpaired) electrons. The molecule has 0 aliphatic heterocycles. The van der Waals surface area contributed by atoms with E-state index in [0.717, 1.165) is 5.56 Å². The molecule has 2 rings (SSSR count). The van der Waals surface area contributed by atoms with E-state index in [1.54, 1.807) is 17.4 Å². The summed E-state index contributed by atoms with van der Waals surface area (Å²) >= 11 is 1.57. The summed E-state index contributed by atoms with van der Waals surface area (Å²) in [5.74, 6) is -1.36. The lowest BCUT2D eigenvalue weighted by Gasteiger charge is -2.26. The summed E-state index contributed by atoms with van der Waals surface area (Å²) in [6, 6.07) is 6.56. The lowest BCUT2D eigenvalue weighted by Crippen LogP contribution is -2.39. The summed E-state index contributed by atoms with van der Waals surface area (Å²) in [7, 11) is 1.51. The largest absolute Gasteiger partial charge is 0.368 e. The Labute approximate surface area is 132 Å². The molecule has 1 aromatic heterocycles. The molecule has 0 aliphatic rings. The Hall–Kier alpha value is -2.21. The quantitative estimate of drug-likeness (QED) is 0.889. The Kier molecular flexibility index (Phi) is 5.27. The van der Waals surface area contributed by atoms with Crippen molar-refractivity contribution < 1.29 is 14.0 Å². The van der Waals surface area contributed by atoms with Crippen molar-refractivity contribution in [3.8, 4) is 0 Å². The number of nitrogens with zero attached hydrogens (tertiary/aromatic N) is 1. The molecule has 1 heterocycles. The van der Waals surface area contributed by atoms with Crippen LogP contribution in [0.15, 0.2) is 41.1 Å². The third-order valence-electron chi connectivity index (χ3n) is 3.42. The van der Waals surface area contributed by atoms with Crippen LogP contribution < -0.4 is 5.73 Å². The zero-order chi connectivity index (χ0) is 16.1. The number of nitrogens with two attached hydrogens (primary N) is 1. The van der Waals surface area contributed by atoms with Gasteiger partial charge in [0.05, 0.1) is 0 Å². The number of carbonyl (C=O) groups is 2. The molecule has 0 saturated heterocycles. The third kappa shape index (κ3) is 3.92. The Morgan fingerprint density at radius 2 is 2.14 bits per heavy atom. The lowest BCUT2D eigenvalue weighted by molar-refractivity contribution is -0.138. The molecule has 2 aromatic rings. The molecule has 0 fully saturated rings. The molecule has 0 saturated carbocycles. The Balaban J connectivity index is 2.10. The van der Waals surface area contributed by atoms with Gasteiger partial charge in [0.15, 0.2) is 0 Å². The fourth-order valence-electron chi connectivity index (χ4n) is 2.26. The molecular weight excluding hydrogens is 303 g/mol. The van der Waals surface area contributed by atoms with Gasteiger partial charge in [-0.1, -0.05) is 12.1 Å². The maximum atomic E-state index is 13.3. The maximum Gasteiger partial charge on any atom is 0.244 e. The van der Waals surface area contributed by atoms with Crippen LogP contribution in [0.3, 0.4) is 0 Å². The number of hydrogen-bond acceptors (Lipinski definition) is 3. The van der Waals surface area contributed by atoms with Crippen molar-refractivity contribution in [3.63, 3.8) is 0 Å². The first-order valence-corrected chi connectivity index (χ1v) is 7.75. The van der Waals surface area contributed by atoms with Crippen LogP contribution in [0.2, 0.25) is 0 Å². The minimum Gasteiger partial charge on any atom is -0.368 e. The van der Waals surface area contributed by atoms with Crippen molar-refractivity contribution in [2.75, 3.05) is 7.05 Å². The number of benzene rings is 1. The van der Waals surface area contributed by atoms with Gasteiger partial charge in [0.2, 0.25) is 11.8 Å². The number of rotatable bonds is 6. The molecule has 6 heteroatoms. The van der Waals surface area contributed by atoms with E-state index in [2.05, 4.69) is 0 Å². The second-order valence-electron chi connectivity index (χ2n) is 5.00. The Bertz CT molecular complexity index is 658. The molecule has 22 heavy (non-hydrogen) atoms. The number of carbonyl (C=O) groups excluding carboxylic acids is 2. The molecule has 4 nitrogen and oxygen atoms in total. The third-order valence-corrected chi connectivity index (χ3v) is 4.15. The van der Waals surface area contributed by atoms with E-state index >= 15 is 0 Å². The average molecular weight is 320 g/mol. The normalized spacial score (nSPS) is 11.9. The molecular formula is C16H17FN2O2S. The predicted octanol–water partition coefficient (Wildman–Crippen LogP) is 2.50. The summed E-state index contributed by atoms with van der Waals surface area (Å²) in [4.78, 5) is 25.2. The van der Waals surface area contributed by atoms with Gasteiger partial charge in [-0.2, -0.15) is 11.3 Å². The van der Waals surface area contributed by atoms with E-state index in [0.29, 0.717) is 12.0 Å². The van der Waals surface area contributed by atoms with Crippen LogP contribution in [0, 0.1) is 5.82 Å². The first-order chi connectivity index (χ1) is 10.5. The number of amides is 2. The fourth-order valence-corrected chi connectivity index (χ4v) is 2.97. The van der Waals surface area contributed by atoms with Crippen molar-refractivity contribution in [3.05, 3.63) is 58.0 Å². The molecule has 116 valence electrons. The summed E-state index contributed by atoms with van der Waals surface area (Å²) in [6.07, 6.45) is 0.869. The van der Waals surface area contributed by atoms with Crippen LogP contribution in [0.4, 0.5) is 4.39 Å². The summed E-state index contributed by atoms with van der Waals surface area (Å²) in [5, 5.41) is 3.92. The van der Waals surface area contributed by atoms with Gasteiger partial charge in [-0.25, -0.2) is 4.39 Å². The minimum atomic E-state index is -0.967. The number of thiophene rings is 1. The molecule has 0 aliphatic carbocycles. The topological polar surface area (TPSA) is 63.4 Å². The van der Waals surface area contributed by atoms with Crippen LogP contribution >= 0.6 is 11.3 Å². The van der Waals surface area contributed by atoms with Gasteiger partial charge < -0.3 is 10.6 Å². The van der Waals surface area contributed by atoms with Crippen LogP contribution in [0.5, 0.6) is 0 Å². The average Bonchev–Trinajstić information content (AvgIpc) is 2.97. The van der Waals surface area contributed by atoms with Crippen molar-refractivity contribution in [1.82, 2.24) is 4.90 Å². The smallest absolute Gasteiger partial charge is 0.244 e. The standard InChI is InChI=1S/C16H17FN2O2S/c1-19(14(20)6-5-11-7-8-22-10-11)15(16(18)21)12-3-2-4-13(17)9-12/h2-4,7-10,15H,5-6H2,1H3,(H2,18,21). The Morgan fingerprint density at radius 3 is 2.73 bits per heavy atom. The van der Waals surface area contributed by atoms with Gasteiger partial charge in [-0.3, -0.25) is 9.59 Å². The Morgan fingerprint density at radius 1 is 1.36 bits per heavy atom. The SMILES string of the molecule is CN(C(=O)CCc1ccsc1)C(C(N)=O)c1cccc(F)c1. The number of likely N-dealkylation sites (N-methyl/N-ethyl adjacent to an activating group) is 1. The first kappa shape index (κ1) is 16.2. The zero-order valence-corrected chi connectivity index (χ0v) is 13.0. The predicted molar refractivity (Wildman–Crippen MR) is 83.7 cm³/mol. The van der Waals surface area contributed by atoms with Crippen molar-refractivity contribution in [2.24, 2.45) is 5.73 Å². The molecule has 1 unspecified atom stereocenters. The number of aryl methyl sites for hydroxylation is 1. The number of primary amides is 1. The highest BCUT2D eigenvalue weighted by Crippen LogP contribution is 2.21. The van der Waals surface area contributed by atoms with Crippen LogP contribution in [-0.2, 0) is 16.0 Å². The van der Waals surface area contributed by atoms with E-state index < -0.39 is 17.8 Å². The molecule has 0 bridgehead atoms. The maximum absolute atomic E-state index is 13.3. The van der Waals surface area contributed by atoms with Gasteiger partial charge in [0.25, 0.3) is 0 Å². The van der Waals surface area contributed by atoms with Gasteiger partial charge in [-0.15, -0.1) is 0 Å². The van der Waals surface area contributed by atoms with E-state index in [4.69, 9.17) is 5.73 Å². The molecule has 2 amide bonds. The molecule has 0 spiro atoms. The van der Waals surface area contributed by atoms with Gasteiger partial charge in [0, 0.05) is 13.5 Å². The molecule has 2 N–H and O–H groups in total. The lowest BCUT2D eigenvalue weighted by atomic mass is 10.0. The van der Waals surface area contributed by atoms with Crippen molar-refractivity contribution >= 4 is 23.2 Å². The van der Waals surface area contributed by atoms with Crippen LogP contribution in [0.1, 0.15) is 23.6 Å². The second kappa shape index (κ2) is 7.17.